The fraction of sp³-hybridized carbons (Fsp3) is 0.750. The summed E-state index contributed by atoms with van der Waals surface area (Å²) in [6.07, 6.45) is -2.99. The standard InChI is InChI=1S/C12H18F4N2OS/c1-3-17-8(2)4-9-6-20-10(18-9)5-19-7-12(15,16)11(13)14/h6,8,11,17H,3-5,7H2,1-2H3. The first-order chi connectivity index (χ1) is 9.35. The fourth-order valence-corrected chi connectivity index (χ4v) is 2.32. The summed E-state index contributed by atoms with van der Waals surface area (Å²) in [4.78, 5) is 4.22. The molecule has 1 atom stereocenters. The van der Waals surface area contributed by atoms with Crippen molar-refractivity contribution >= 4 is 11.3 Å². The molecule has 0 fully saturated rings. The maximum atomic E-state index is 12.6. The van der Waals surface area contributed by atoms with Gasteiger partial charge in [0.15, 0.2) is 0 Å². The molecule has 0 aliphatic heterocycles. The van der Waals surface area contributed by atoms with Crippen LogP contribution in [0.3, 0.4) is 0 Å². The molecule has 0 aliphatic carbocycles. The van der Waals surface area contributed by atoms with Gasteiger partial charge in [-0.2, -0.15) is 8.78 Å². The number of aromatic nitrogens is 1. The molecule has 1 rings (SSSR count). The maximum absolute atomic E-state index is 12.6. The molecule has 0 aromatic carbocycles. The van der Waals surface area contributed by atoms with Gasteiger partial charge in [0.25, 0.3) is 0 Å². The summed E-state index contributed by atoms with van der Waals surface area (Å²) in [6.45, 7) is 3.39. The average molecular weight is 314 g/mol. The third-order valence-electron chi connectivity index (χ3n) is 2.51. The maximum Gasteiger partial charge on any atom is 0.330 e. The van der Waals surface area contributed by atoms with E-state index in [1.54, 1.807) is 0 Å². The molecular weight excluding hydrogens is 296 g/mol. The highest BCUT2D eigenvalue weighted by molar-refractivity contribution is 7.09. The summed E-state index contributed by atoms with van der Waals surface area (Å²) in [6, 6.07) is 0.263. The second-order valence-electron chi connectivity index (χ2n) is 4.45. The van der Waals surface area contributed by atoms with Crippen LogP contribution in [0, 0.1) is 0 Å². The van der Waals surface area contributed by atoms with Gasteiger partial charge in [-0.3, -0.25) is 0 Å². The molecule has 3 nitrogen and oxygen atoms in total. The number of alkyl halides is 4. The lowest BCUT2D eigenvalue weighted by Crippen LogP contribution is -2.32. The van der Waals surface area contributed by atoms with E-state index in [9.17, 15) is 17.6 Å². The van der Waals surface area contributed by atoms with Gasteiger partial charge in [0, 0.05) is 17.8 Å². The van der Waals surface area contributed by atoms with Gasteiger partial charge in [0.05, 0.1) is 12.3 Å². The molecule has 0 saturated heterocycles. The van der Waals surface area contributed by atoms with Crippen molar-refractivity contribution in [3.8, 4) is 0 Å². The highest BCUT2D eigenvalue weighted by Crippen LogP contribution is 2.23. The molecule has 0 aliphatic rings. The van der Waals surface area contributed by atoms with E-state index in [4.69, 9.17) is 0 Å². The number of nitrogens with zero attached hydrogens (tertiary/aromatic N) is 1. The second-order valence-corrected chi connectivity index (χ2v) is 5.39. The van der Waals surface area contributed by atoms with Crippen LogP contribution in [0.25, 0.3) is 0 Å². The topological polar surface area (TPSA) is 34.1 Å². The number of rotatable bonds is 9. The first-order valence-electron chi connectivity index (χ1n) is 6.25. The van der Waals surface area contributed by atoms with Crippen molar-refractivity contribution in [2.24, 2.45) is 0 Å². The molecule has 116 valence electrons. The van der Waals surface area contributed by atoms with E-state index >= 15 is 0 Å². The highest BCUT2D eigenvalue weighted by atomic mass is 32.1. The average Bonchev–Trinajstić information content (AvgIpc) is 2.76. The van der Waals surface area contributed by atoms with Crippen LogP contribution in [0.2, 0.25) is 0 Å². The number of hydrogen-bond donors (Lipinski definition) is 1. The van der Waals surface area contributed by atoms with Crippen molar-refractivity contribution in [1.29, 1.82) is 0 Å². The van der Waals surface area contributed by atoms with Gasteiger partial charge in [0.1, 0.15) is 11.6 Å². The molecule has 1 N–H and O–H groups in total. The van der Waals surface area contributed by atoms with Crippen LogP contribution in [-0.4, -0.2) is 36.5 Å². The van der Waals surface area contributed by atoms with E-state index in [1.165, 1.54) is 11.3 Å². The third-order valence-corrected chi connectivity index (χ3v) is 3.38. The Hall–Kier alpha value is -0.730. The second kappa shape index (κ2) is 7.90. The van der Waals surface area contributed by atoms with E-state index in [-0.39, 0.29) is 12.6 Å². The van der Waals surface area contributed by atoms with E-state index in [0.717, 1.165) is 18.7 Å². The van der Waals surface area contributed by atoms with Crippen LogP contribution in [0.5, 0.6) is 0 Å². The zero-order valence-corrected chi connectivity index (χ0v) is 12.2. The summed E-state index contributed by atoms with van der Waals surface area (Å²) in [7, 11) is 0. The van der Waals surface area contributed by atoms with E-state index in [2.05, 4.69) is 15.0 Å². The lowest BCUT2D eigenvalue weighted by Gasteiger charge is -2.14. The van der Waals surface area contributed by atoms with Crippen LogP contribution >= 0.6 is 11.3 Å². The molecule has 1 aromatic heterocycles. The monoisotopic (exact) mass is 314 g/mol. The number of hydrogen-bond acceptors (Lipinski definition) is 4. The molecule has 0 radical (unpaired) electrons. The Bertz CT molecular complexity index is 401. The third kappa shape index (κ3) is 5.72. The largest absolute Gasteiger partial charge is 0.368 e. The Morgan fingerprint density at radius 3 is 2.75 bits per heavy atom. The van der Waals surface area contributed by atoms with Gasteiger partial charge in [-0.05, 0) is 13.5 Å². The smallest absolute Gasteiger partial charge is 0.330 e. The Morgan fingerprint density at radius 2 is 2.15 bits per heavy atom. The molecule has 0 amide bonds. The quantitative estimate of drug-likeness (QED) is 0.711. The Labute approximate surface area is 119 Å². The number of thiazole rings is 1. The molecule has 0 spiro atoms. The minimum absolute atomic E-state index is 0.178. The van der Waals surface area contributed by atoms with E-state index in [0.29, 0.717) is 5.01 Å². The van der Waals surface area contributed by atoms with Gasteiger partial charge < -0.3 is 10.1 Å². The van der Waals surface area contributed by atoms with Crippen molar-refractivity contribution in [3.63, 3.8) is 0 Å². The molecule has 0 saturated carbocycles. The molecule has 1 heterocycles. The zero-order valence-electron chi connectivity index (χ0n) is 11.3. The Balaban J connectivity index is 2.37. The molecule has 0 bridgehead atoms. The minimum atomic E-state index is -4.11. The van der Waals surface area contributed by atoms with Gasteiger partial charge >= 0.3 is 12.3 Å². The van der Waals surface area contributed by atoms with Gasteiger partial charge in [0.2, 0.25) is 0 Å². The molecule has 20 heavy (non-hydrogen) atoms. The van der Waals surface area contributed by atoms with Crippen molar-refractivity contribution in [3.05, 3.63) is 16.1 Å². The fourth-order valence-electron chi connectivity index (χ4n) is 1.58. The lowest BCUT2D eigenvalue weighted by atomic mass is 10.2. The molecule has 1 unspecified atom stereocenters. The Morgan fingerprint density at radius 1 is 1.45 bits per heavy atom. The van der Waals surface area contributed by atoms with Crippen molar-refractivity contribution < 1.29 is 22.3 Å². The number of likely N-dealkylation sites (N-methyl/N-ethyl adjacent to an activating group) is 1. The van der Waals surface area contributed by atoms with Gasteiger partial charge in [-0.15, -0.1) is 11.3 Å². The lowest BCUT2D eigenvalue weighted by molar-refractivity contribution is -0.168. The molecule has 8 heteroatoms. The first-order valence-corrected chi connectivity index (χ1v) is 7.13. The van der Waals surface area contributed by atoms with E-state index < -0.39 is 19.0 Å². The Kier molecular flexibility index (Phi) is 6.84. The summed E-state index contributed by atoms with van der Waals surface area (Å²) >= 11 is 1.27. The van der Waals surface area contributed by atoms with Crippen LogP contribution in [0.1, 0.15) is 24.5 Å². The van der Waals surface area contributed by atoms with Crippen molar-refractivity contribution in [1.82, 2.24) is 10.3 Å². The predicted molar refractivity (Wildman–Crippen MR) is 69.6 cm³/mol. The SMILES string of the molecule is CCNC(C)Cc1csc(COCC(F)(F)C(F)F)n1. The molecule has 1 aromatic rings. The van der Waals surface area contributed by atoms with Crippen LogP contribution < -0.4 is 5.32 Å². The summed E-state index contributed by atoms with van der Waals surface area (Å²) in [5.41, 5.74) is 0.836. The summed E-state index contributed by atoms with van der Waals surface area (Å²) in [5.74, 6) is -4.11. The predicted octanol–water partition coefficient (Wildman–Crippen LogP) is 3.10. The van der Waals surface area contributed by atoms with Crippen LogP contribution in [0.4, 0.5) is 17.6 Å². The van der Waals surface area contributed by atoms with Crippen LogP contribution in [0.15, 0.2) is 5.38 Å². The van der Waals surface area contributed by atoms with Crippen LogP contribution in [-0.2, 0) is 17.8 Å². The number of nitrogens with one attached hydrogen (secondary N) is 1. The summed E-state index contributed by atoms with van der Waals surface area (Å²) < 4.78 is 53.7. The number of ether oxygens (including phenoxy) is 1. The minimum Gasteiger partial charge on any atom is -0.368 e. The van der Waals surface area contributed by atoms with Crippen molar-refractivity contribution in [2.75, 3.05) is 13.2 Å². The van der Waals surface area contributed by atoms with Gasteiger partial charge in [-0.25, -0.2) is 13.8 Å². The number of halogens is 4. The molecular formula is C12H18F4N2OS. The summed E-state index contributed by atoms with van der Waals surface area (Å²) in [5, 5.41) is 5.55. The highest BCUT2D eigenvalue weighted by Gasteiger charge is 2.40. The zero-order chi connectivity index (χ0) is 15.2. The normalized spacial score (nSPS) is 13.9. The first kappa shape index (κ1) is 17.3. The van der Waals surface area contributed by atoms with Crippen molar-refractivity contribution in [2.45, 2.75) is 45.3 Å². The van der Waals surface area contributed by atoms with E-state index in [1.807, 2.05) is 19.2 Å². The van der Waals surface area contributed by atoms with Gasteiger partial charge in [-0.1, -0.05) is 6.92 Å².